The van der Waals surface area contributed by atoms with Crippen molar-refractivity contribution in [1.29, 1.82) is 0 Å². The molecule has 5 rings (SSSR count). The Balaban J connectivity index is 1.66. The lowest BCUT2D eigenvalue weighted by Crippen LogP contribution is -2.34. The van der Waals surface area contributed by atoms with Gasteiger partial charge < -0.3 is 19.3 Å². The number of hydrogen-bond donors (Lipinski definition) is 1. The highest BCUT2D eigenvalue weighted by Gasteiger charge is 2.43. The number of para-hydroxylation sites is 1. The number of carboxylic acid groups (broad SMARTS) is 1. The first kappa shape index (κ1) is 20.8. The number of hydrogen-bond acceptors (Lipinski definition) is 6. The van der Waals surface area contributed by atoms with Crippen LogP contribution in [0.15, 0.2) is 65.8 Å². The van der Waals surface area contributed by atoms with Gasteiger partial charge in [-0.2, -0.15) is 5.10 Å². The average molecular weight is 448 g/mol. The number of halogens is 1. The van der Waals surface area contributed by atoms with Gasteiger partial charge in [-0.25, -0.2) is 14.2 Å². The SMILES string of the molecule is COc1ccc([C@@H]2Oc3ccccc3[C@H]3CC(c4ccc(F)cc4)=NN32)c(C(=O)O)c1OC. The van der Waals surface area contributed by atoms with Crippen molar-refractivity contribution in [3.05, 3.63) is 88.7 Å². The van der Waals surface area contributed by atoms with Gasteiger partial charge >= 0.3 is 5.97 Å². The second kappa shape index (κ2) is 8.12. The highest BCUT2D eigenvalue weighted by Crippen LogP contribution is 2.49. The lowest BCUT2D eigenvalue weighted by molar-refractivity contribution is -0.0199. The van der Waals surface area contributed by atoms with E-state index in [4.69, 9.17) is 19.3 Å². The van der Waals surface area contributed by atoms with Gasteiger partial charge in [-0.3, -0.25) is 0 Å². The first-order valence-corrected chi connectivity index (χ1v) is 10.4. The van der Waals surface area contributed by atoms with Crippen molar-refractivity contribution >= 4 is 11.7 Å². The van der Waals surface area contributed by atoms with Crippen LogP contribution in [0, 0.1) is 5.82 Å². The summed E-state index contributed by atoms with van der Waals surface area (Å²) in [7, 11) is 2.85. The van der Waals surface area contributed by atoms with Crippen LogP contribution in [-0.2, 0) is 0 Å². The molecule has 2 atom stereocenters. The average Bonchev–Trinajstić information content (AvgIpc) is 3.28. The Morgan fingerprint density at radius 3 is 2.52 bits per heavy atom. The minimum Gasteiger partial charge on any atom is -0.493 e. The van der Waals surface area contributed by atoms with Crippen molar-refractivity contribution in [3.63, 3.8) is 0 Å². The number of aromatic carboxylic acids is 1. The standard InChI is InChI=1S/C25H21FN2O5/c1-31-21-12-11-17(22(25(29)30)23(21)32-2)24-28-19(16-5-3-4-6-20(16)33-24)13-18(27-28)14-7-9-15(26)10-8-14/h3-12,19,24H,13H2,1-2H3,(H,29,30)/t19-,24+/m1/s1. The summed E-state index contributed by atoms with van der Waals surface area (Å²) in [6, 6.07) is 16.9. The van der Waals surface area contributed by atoms with E-state index in [2.05, 4.69) is 0 Å². The number of methoxy groups -OCH3 is 2. The Kier molecular flexibility index (Phi) is 5.12. The summed E-state index contributed by atoms with van der Waals surface area (Å²) < 4.78 is 30.4. The molecule has 2 aliphatic heterocycles. The summed E-state index contributed by atoms with van der Waals surface area (Å²) in [6.07, 6.45) is -0.244. The zero-order valence-electron chi connectivity index (χ0n) is 18.0. The Hall–Kier alpha value is -4.07. The molecular weight excluding hydrogens is 427 g/mol. The van der Waals surface area contributed by atoms with Gasteiger partial charge in [-0.05, 0) is 35.9 Å². The molecule has 0 fully saturated rings. The van der Waals surface area contributed by atoms with E-state index in [0.717, 1.165) is 16.8 Å². The normalized spacial score (nSPS) is 18.6. The minimum absolute atomic E-state index is 0.0505. The molecule has 168 valence electrons. The van der Waals surface area contributed by atoms with Crippen LogP contribution < -0.4 is 14.2 Å². The van der Waals surface area contributed by atoms with Crippen LogP contribution >= 0.6 is 0 Å². The van der Waals surface area contributed by atoms with E-state index in [1.54, 1.807) is 29.3 Å². The van der Waals surface area contributed by atoms with Gasteiger partial charge in [0.25, 0.3) is 0 Å². The Morgan fingerprint density at radius 2 is 1.82 bits per heavy atom. The Morgan fingerprint density at radius 1 is 1.06 bits per heavy atom. The zero-order valence-corrected chi connectivity index (χ0v) is 18.0. The number of benzene rings is 3. The molecule has 1 N–H and O–H groups in total. The van der Waals surface area contributed by atoms with Crippen LogP contribution in [0.5, 0.6) is 17.2 Å². The molecule has 0 aromatic heterocycles. The minimum atomic E-state index is -1.17. The van der Waals surface area contributed by atoms with Crippen LogP contribution in [0.1, 0.15) is 45.7 Å². The van der Waals surface area contributed by atoms with Crippen molar-refractivity contribution < 1.29 is 28.5 Å². The first-order valence-electron chi connectivity index (χ1n) is 10.4. The van der Waals surface area contributed by atoms with E-state index in [9.17, 15) is 14.3 Å². The molecule has 8 heteroatoms. The summed E-state index contributed by atoms with van der Waals surface area (Å²) in [5, 5.41) is 16.6. The topological polar surface area (TPSA) is 80.6 Å². The van der Waals surface area contributed by atoms with Gasteiger partial charge in [-0.1, -0.05) is 30.3 Å². The Labute approximate surface area is 189 Å². The van der Waals surface area contributed by atoms with Crippen LogP contribution in [0.4, 0.5) is 4.39 Å². The second-order valence-electron chi connectivity index (χ2n) is 7.73. The van der Waals surface area contributed by atoms with E-state index in [1.165, 1.54) is 26.4 Å². The molecule has 0 spiro atoms. The van der Waals surface area contributed by atoms with Crippen molar-refractivity contribution in [2.75, 3.05) is 14.2 Å². The third-order valence-electron chi connectivity index (χ3n) is 5.93. The lowest BCUT2D eigenvalue weighted by Gasteiger charge is -2.38. The first-order chi connectivity index (χ1) is 16.0. The van der Waals surface area contributed by atoms with Gasteiger partial charge in [-0.15, -0.1) is 0 Å². The van der Waals surface area contributed by atoms with Crippen molar-refractivity contribution in [1.82, 2.24) is 5.01 Å². The van der Waals surface area contributed by atoms with Gasteiger partial charge in [0, 0.05) is 17.5 Å². The number of carboxylic acids is 1. The van der Waals surface area contributed by atoms with E-state index >= 15 is 0 Å². The quantitative estimate of drug-likeness (QED) is 0.605. The zero-order chi connectivity index (χ0) is 23.1. The molecule has 33 heavy (non-hydrogen) atoms. The van der Waals surface area contributed by atoms with Gasteiger partial charge in [0.15, 0.2) is 11.5 Å². The maximum Gasteiger partial charge on any atom is 0.340 e. The van der Waals surface area contributed by atoms with Crippen LogP contribution in [0.3, 0.4) is 0 Å². The molecule has 0 unspecified atom stereocenters. The molecule has 2 aliphatic rings. The number of nitrogens with zero attached hydrogens (tertiary/aromatic N) is 2. The van der Waals surface area contributed by atoms with E-state index in [-0.39, 0.29) is 23.2 Å². The van der Waals surface area contributed by atoms with Gasteiger partial charge in [0.2, 0.25) is 6.23 Å². The van der Waals surface area contributed by atoms with E-state index in [1.807, 2.05) is 24.3 Å². The molecule has 0 saturated heterocycles. The number of ether oxygens (including phenoxy) is 3. The van der Waals surface area contributed by atoms with Crippen molar-refractivity contribution in [3.8, 4) is 17.2 Å². The van der Waals surface area contributed by atoms with Crippen molar-refractivity contribution in [2.45, 2.75) is 18.7 Å². The second-order valence-corrected chi connectivity index (χ2v) is 7.73. The smallest absolute Gasteiger partial charge is 0.340 e. The third kappa shape index (κ3) is 3.44. The summed E-state index contributed by atoms with van der Waals surface area (Å²) in [5.41, 5.74) is 2.86. The Bertz CT molecular complexity index is 1260. The molecule has 0 amide bonds. The molecule has 0 saturated carbocycles. The molecule has 0 bridgehead atoms. The van der Waals surface area contributed by atoms with Gasteiger partial charge in [0.05, 0.1) is 26.0 Å². The molecule has 7 nitrogen and oxygen atoms in total. The largest absolute Gasteiger partial charge is 0.493 e. The summed E-state index contributed by atoms with van der Waals surface area (Å²) in [5.74, 6) is -0.406. The maximum atomic E-state index is 13.5. The maximum absolute atomic E-state index is 13.5. The number of carbonyl (C=O) groups is 1. The molecular formula is C25H21FN2O5. The fourth-order valence-corrected chi connectivity index (χ4v) is 4.42. The predicted octanol–water partition coefficient (Wildman–Crippen LogP) is 4.78. The summed E-state index contributed by atoms with van der Waals surface area (Å²) >= 11 is 0. The summed E-state index contributed by atoms with van der Waals surface area (Å²) in [6.45, 7) is 0. The molecule has 0 aliphatic carbocycles. The molecule has 0 radical (unpaired) electrons. The van der Waals surface area contributed by atoms with Crippen LogP contribution in [-0.4, -0.2) is 36.0 Å². The molecule has 3 aromatic carbocycles. The lowest BCUT2D eigenvalue weighted by atomic mass is 9.95. The van der Waals surface area contributed by atoms with Crippen molar-refractivity contribution in [2.24, 2.45) is 5.10 Å². The van der Waals surface area contributed by atoms with E-state index < -0.39 is 12.2 Å². The third-order valence-corrected chi connectivity index (χ3v) is 5.93. The fourth-order valence-electron chi connectivity index (χ4n) is 4.42. The van der Waals surface area contributed by atoms with Crippen LogP contribution in [0.25, 0.3) is 0 Å². The van der Waals surface area contributed by atoms with E-state index in [0.29, 0.717) is 23.5 Å². The fraction of sp³-hybridized carbons (Fsp3) is 0.200. The highest BCUT2D eigenvalue weighted by atomic mass is 19.1. The highest BCUT2D eigenvalue weighted by molar-refractivity contribution is 6.02. The number of hydrazone groups is 1. The molecule has 2 heterocycles. The van der Waals surface area contributed by atoms with Crippen LogP contribution in [0.2, 0.25) is 0 Å². The molecule has 3 aromatic rings. The number of fused-ring (bicyclic) bond motifs is 3. The predicted molar refractivity (Wildman–Crippen MR) is 118 cm³/mol. The summed E-state index contributed by atoms with van der Waals surface area (Å²) in [4.78, 5) is 12.3. The monoisotopic (exact) mass is 448 g/mol. The van der Waals surface area contributed by atoms with Gasteiger partial charge in [0.1, 0.15) is 17.1 Å². The number of rotatable bonds is 5.